The highest BCUT2D eigenvalue weighted by atomic mass is 32.2. The van der Waals surface area contributed by atoms with Gasteiger partial charge in [0.1, 0.15) is 5.41 Å². The largest absolute Gasteiger partial charge is 0.481 e. The number of carbonyl (C=O) groups is 2. The number of fused-ring (bicyclic) bond motifs is 1. The van der Waals surface area contributed by atoms with E-state index >= 15 is 0 Å². The molecule has 96 valence electrons. The summed E-state index contributed by atoms with van der Waals surface area (Å²) in [5, 5.41) is 12.0. The summed E-state index contributed by atoms with van der Waals surface area (Å²) >= 11 is 1.79. The van der Waals surface area contributed by atoms with Gasteiger partial charge >= 0.3 is 5.97 Å². The van der Waals surface area contributed by atoms with Crippen molar-refractivity contribution < 1.29 is 14.7 Å². The maximum atomic E-state index is 11.6. The van der Waals surface area contributed by atoms with Gasteiger partial charge in [0.2, 0.25) is 5.91 Å². The number of nitrogens with zero attached hydrogens (tertiary/aromatic N) is 1. The molecule has 2 rings (SSSR count). The number of likely N-dealkylation sites (tertiary alicyclic amines) is 1. The summed E-state index contributed by atoms with van der Waals surface area (Å²) in [5.41, 5.74) is -0.879. The summed E-state index contributed by atoms with van der Waals surface area (Å²) in [4.78, 5) is 25.2. The molecule has 0 aliphatic carbocycles. The van der Waals surface area contributed by atoms with Gasteiger partial charge in [-0.15, -0.1) is 0 Å². The number of hydrogen-bond acceptors (Lipinski definition) is 4. The van der Waals surface area contributed by atoms with Crippen LogP contribution >= 0.6 is 11.8 Å². The Morgan fingerprint density at radius 2 is 2.47 bits per heavy atom. The molecule has 0 aromatic carbocycles. The van der Waals surface area contributed by atoms with E-state index in [2.05, 4.69) is 16.5 Å². The fraction of sp³-hybridized carbons (Fsp3) is 0.818. The monoisotopic (exact) mass is 258 g/mol. The van der Waals surface area contributed by atoms with Crippen LogP contribution in [0.3, 0.4) is 0 Å². The van der Waals surface area contributed by atoms with E-state index in [1.807, 2.05) is 0 Å². The first-order chi connectivity index (χ1) is 8.10. The zero-order chi connectivity index (χ0) is 12.5. The summed E-state index contributed by atoms with van der Waals surface area (Å²) in [5.74, 6) is -0.227. The molecular weight excluding hydrogens is 240 g/mol. The van der Waals surface area contributed by atoms with Gasteiger partial charge in [0, 0.05) is 19.6 Å². The predicted molar refractivity (Wildman–Crippen MR) is 66.0 cm³/mol. The van der Waals surface area contributed by atoms with Crippen LogP contribution in [-0.2, 0) is 9.59 Å². The molecule has 2 aliphatic rings. The van der Waals surface area contributed by atoms with Gasteiger partial charge in [0.25, 0.3) is 0 Å². The smallest absolute Gasteiger partial charge is 0.313 e. The maximum absolute atomic E-state index is 11.6. The average molecular weight is 258 g/mol. The Labute approximate surface area is 105 Å². The first kappa shape index (κ1) is 12.7. The minimum absolute atomic E-state index is 0.0974. The van der Waals surface area contributed by atoms with E-state index in [1.165, 1.54) is 0 Å². The molecule has 2 atom stereocenters. The Hall–Kier alpha value is -0.750. The molecule has 0 aromatic heterocycles. The van der Waals surface area contributed by atoms with Gasteiger partial charge in [-0.05, 0) is 25.0 Å². The van der Waals surface area contributed by atoms with Crippen LogP contribution in [-0.4, -0.2) is 60.1 Å². The number of thioether (sulfide) groups is 1. The lowest BCUT2D eigenvalue weighted by molar-refractivity contribution is -0.149. The second-order valence-corrected chi connectivity index (χ2v) is 5.80. The summed E-state index contributed by atoms with van der Waals surface area (Å²) < 4.78 is 0. The predicted octanol–water partition coefficient (Wildman–Crippen LogP) is -0.128. The molecular formula is C11H18N2O3S. The van der Waals surface area contributed by atoms with Crippen molar-refractivity contribution in [1.82, 2.24) is 10.2 Å². The highest BCUT2D eigenvalue weighted by molar-refractivity contribution is 7.98. The standard InChI is InChI=1S/C11H18N2O3S/c1-17-4-2-3-13-5-8-9(14)12-6-11(8,7-13)10(15)16/h8H,2-7H2,1H3,(H,12,14)(H,15,16)/t8-,11+/m0/s1. The molecule has 0 radical (unpaired) electrons. The van der Waals surface area contributed by atoms with E-state index in [0.717, 1.165) is 18.7 Å². The lowest BCUT2D eigenvalue weighted by Crippen LogP contribution is -2.40. The Bertz CT molecular complexity index is 337. The van der Waals surface area contributed by atoms with Crippen LogP contribution in [0.25, 0.3) is 0 Å². The molecule has 5 nitrogen and oxygen atoms in total. The van der Waals surface area contributed by atoms with Crippen molar-refractivity contribution in [2.45, 2.75) is 6.42 Å². The van der Waals surface area contributed by atoms with Gasteiger partial charge in [-0.1, -0.05) is 0 Å². The molecule has 0 spiro atoms. The molecule has 2 saturated heterocycles. The Balaban J connectivity index is 2.01. The fourth-order valence-corrected chi connectivity index (χ4v) is 3.20. The summed E-state index contributed by atoms with van der Waals surface area (Å²) in [7, 11) is 0. The zero-order valence-corrected chi connectivity index (χ0v) is 10.8. The SMILES string of the molecule is CSCCCN1C[C@H]2C(=O)NC[C@@]2(C(=O)O)C1. The second-order valence-electron chi connectivity index (χ2n) is 4.81. The minimum atomic E-state index is -0.879. The maximum Gasteiger partial charge on any atom is 0.313 e. The number of carboxylic acid groups (broad SMARTS) is 1. The van der Waals surface area contributed by atoms with Gasteiger partial charge in [0.05, 0.1) is 5.92 Å². The lowest BCUT2D eigenvalue weighted by Gasteiger charge is -2.21. The van der Waals surface area contributed by atoms with Gasteiger partial charge in [0.15, 0.2) is 0 Å². The number of aliphatic carboxylic acids is 1. The summed E-state index contributed by atoms with van der Waals surface area (Å²) in [6.07, 6.45) is 3.11. The average Bonchev–Trinajstić information content (AvgIpc) is 2.79. The van der Waals surface area contributed by atoms with E-state index in [1.54, 1.807) is 11.8 Å². The van der Waals surface area contributed by atoms with Crippen LogP contribution in [0.1, 0.15) is 6.42 Å². The minimum Gasteiger partial charge on any atom is -0.481 e. The lowest BCUT2D eigenvalue weighted by atomic mass is 9.81. The third kappa shape index (κ3) is 2.15. The highest BCUT2D eigenvalue weighted by Gasteiger charge is 2.59. The molecule has 2 fully saturated rings. The summed E-state index contributed by atoms with van der Waals surface area (Å²) in [6.45, 7) is 2.26. The van der Waals surface area contributed by atoms with E-state index in [-0.39, 0.29) is 18.4 Å². The normalized spacial score (nSPS) is 32.5. The number of rotatable bonds is 5. The van der Waals surface area contributed by atoms with E-state index in [9.17, 15) is 14.7 Å². The van der Waals surface area contributed by atoms with Crippen LogP contribution in [0.4, 0.5) is 0 Å². The molecule has 6 heteroatoms. The second kappa shape index (κ2) is 4.86. The Kier molecular flexibility index (Phi) is 3.63. The van der Waals surface area contributed by atoms with Crippen molar-refractivity contribution in [2.24, 2.45) is 11.3 Å². The molecule has 2 aliphatic heterocycles. The third-order valence-electron chi connectivity index (χ3n) is 3.76. The van der Waals surface area contributed by atoms with E-state index < -0.39 is 11.4 Å². The van der Waals surface area contributed by atoms with Crippen molar-refractivity contribution in [3.05, 3.63) is 0 Å². The van der Waals surface area contributed by atoms with Crippen LogP contribution in [0.2, 0.25) is 0 Å². The number of hydrogen-bond donors (Lipinski definition) is 2. The number of carbonyl (C=O) groups excluding carboxylic acids is 1. The van der Waals surface area contributed by atoms with Crippen LogP contribution < -0.4 is 5.32 Å². The first-order valence-electron chi connectivity index (χ1n) is 5.82. The third-order valence-corrected chi connectivity index (χ3v) is 4.45. The van der Waals surface area contributed by atoms with Crippen molar-refractivity contribution >= 4 is 23.6 Å². The Morgan fingerprint density at radius 1 is 1.71 bits per heavy atom. The molecule has 17 heavy (non-hydrogen) atoms. The van der Waals surface area contributed by atoms with Crippen molar-refractivity contribution in [3.63, 3.8) is 0 Å². The number of amides is 1. The van der Waals surface area contributed by atoms with Gasteiger partial charge in [-0.3, -0.25) is 9.59 Å². The first-order valence-corrected chi connectivity index (χ1v) is 7.22. The molecule has 0 bridgehead atoms. The van der Waals surface area contributed by atoms with Crippen LogP contribution in [0, 0.1) is 11.3 Å². The van der Waals surface area contributed by atoms with Crippen LogP contribution in [0.5, 0.6) is 0 Å². The van der Waals surface area contributed by atoms with Crippen molar-refractivity contribution in [1.29, 1.82) is 0 Å². The fourth-order valence-electron chi connectivity index (χ4n) is 2.78. The quantitative estimate of drug-likeness (QED) is 0.672. The molecule has 0 unspecified atom stereocenters. The number of nitrogens with one attached hydrogen (secondary N) is 1. The van der Waals surface area contributed by atoms with Gasteiger partial charge in [-0.25, -0.2) is 0 Å². The number of carboxylic acids is 1. The topological polar surface area (TPSA) is 69.6 Å². The molecule has 1 amide bonds. The Morgan fingerprint density at radius 3 is 3.06 bits per heavy atom. The molecule has 2 N–H and O–H groups in total. The molecule has 2 heterocycles. The van der Waals surface area contributed by atoms with E-state index in [4.69, 9.17) is 0 Å². The van der Waals surface area contributed by atoms with E-state index in [0.29, 0.717) is 13.1 Å². The van der Waals surface area contributed by atoms with Gasteiger partial charge in [-0.2, -0.15) is 11.8 Å². The molecule has 0 saturated carbocycles. The van der Waals surface area contributed by atoms with Crippen molar-refractivity contribution in [3.8, 4) is 0 Å². The van der Waals surface area contributed by atoms with Gasteiger partial charge < -0.3 is 15.3 Å². The zero-order valence-electron chi connectivity index (χ0n) is 9.94. The summed E-state index contributed by atoms with van der Waals surface area (Å²) in [6, 6.07) is 0. The van der Waals surface area contributed by atoms with Crippen LogP contribution in [0.15, 0.2) is 0 Å². The highest BCUT2D eigenvalue weighted by Crippen LogP contribution is 2.39. The van der Waals surface area contributed by atoms with Crippen molar-refractivity contribution in [2.75, 3.05) is 38.2 Å². The molecule has 0 aromatic rings.